The highest BCUT2D eigenvalue weighted by Crippen LogP contribution is 2.28. The Hall–Kier alpha value is -2.49. The van der Waals surface area contributed by atoms with E-state index in [1.165, 1.54) is 12.1 Å². The summed E-state index contributed by atoms with van der Waals surface area (Å²) in [6.07, 6.45) is -0.859. The van der Waals surface area contributed by atoms with Crippen LogP contribution in [0.1, 0.15) is 25.5 Å². The fourth-order valence-corrected chi connectivity index (χ4v) is 3.63. The maximum absolute atomic E-state index is 12.2. The molecule has 0 aliphatic carbocycles. The molecule has 26 heavy (non-hydrogen) atoms. The van der Waals surface area contributed by atoms with Gasteiger partial charge < -0.3 is 10.4 Å². The fourth-order valence-electron chi connectivity index (χ4n) is 2.36. The number of rotatable bonds is 8. The van der Waals surface area contributed by atoms with Gasteiger partial charge in [0.15, 0.2) is 0 Å². The second kappa shape index (κ2) is 8.26. The van der Waals surface area contributed by atoms with Crippen LogP contribution in [0.3, 0.4) is 0 Å². The molecule has 0 aromatic heterocycles. The molecule has 140 valence electrons. The Balaban J connectivity index is 2.23. The molecule has 8 nitrogen and oxygen atoms in total. The number of nitrogens with one attached hydrogen (secondary N) is 2. The molecule has 0 aliphatic rings. The van der Waals surface area contributed by atoms with Crippen molar-refractivity contribution in [2.24, 2.45) is 0 Å². The van der Waals surface area contributed by atoms with Gasteiger partial charge in [-0.2, -0.15) is 0 Å². The van der Waals surface area contributed by atoms with Gasteiger partial charge in [0, 0.05) is 18.7 Å². The molecular weight excluding hydrogens is 358 g/mol. The summed E-state index contributed by atoms with van der Waals surface area (Å²) >= 11 is 0. The van der Waals surface area contributed by atoms with Crippen molar-refractivity contribution in [3.63, 3.8) is 0 Å². The molecule has 0 fully saturated rings. The van der Waals surface area contributed by atoms with Gasteiger partial charge in [-0.1, -0.05) is 30.3 Å². The van der Waals surface area contributed by atoms with Gasteiger partial charge in [0.2, 0.25) is 10.0 Å². The Morgan fingerprint density at radius 1 is 1.15 bits per heavy atom. The van der Waals surface area contributed by atoms with Crippen LogP contribution in [-0.4, -0.2) is 31.0 Å². The number of benzene rings is 2. The normalized spacial score (nSPS) is 12.8. The van der Waals surface area contributed by atoms with Gasteiger partial charge in [-0.05, 0) is 31.5 Å². The quantitative estimate of drug-likeness (QED) is 0.478. The lowest BCUT2D eigenvalue weighted by Gasteiger charge is -2.14. The highest BCUT2D eigenvalue weighted by Gasteiger charge is 2.22. The Labute approximate surface area is 152 Å². The third-order valence-electron chi connectivity index (χ3n) is 3.54. The lowest BCUT2D eigenvalue weighted by Crippen LogP contribution is -2.30. The molecule has 2 aromatic carbocycles. The standard InChI is InChI=1S/C17H21N3O5S/c1-12(2)19-26(24,25)14-8-9-15(16(10-14)20(22)23)18-11-17(21)13-6-4-3-5-7-13/h3-10,12,17-19,21H,11H2,1-2H3/t17-/m0/s1. The second-order valence-electron chi connectivity index (χ2n) is 6.02. The summed E-state index contributed by atoms with van der Waals surface area (Å²) in [6.45, 7) is 3.36. The molecule has 0 unspecified atom stereocenters. The number of sulfonamides is 1. The number of nitro groups is 1. The summed E-state index contributed by atoms with van der Waals surface area (Å²) in [7, 11) is -3.84. The summed E-state index contributed by atoms with van der Waals surface area (Å²) in [5.41, 5.74) is 0.424. The van der Waals surface area contributed by atoms with Gasteiger partial charge in [0.1, 0.15) is 5.69 Å². The van der Waals surface area contributed by atoms with E-state index < -0.39 is 21.1 Å². The number of nitro benzene ring substituents is 1. The molecule has 0 radical (unpaired) electrons. The van der Waals surface area contributed by atoms with Crippen molar-refractivity contribution in [3.8, 4) is 0 Å². The van der Waals surface area contributed by atoms with Gasteiger partial charge in [0.25, 0.3) is 5.69 Å². The van der Waals surface area contributed by atoms with E-state index in [0.717, 1.165) is 6.07 Å². The summed E-state index contributed by atoms with van der Waals surface area (Å²) < 4.78 is 26.8. The molecule has 0 amide bonds. The van der Waals surface area contributed by atoms with Crippen LogP contribution in [-0.2, 0) is 10.0 Å². The van der Waals surface area contributed by atoms with Crippen LogP contribution in [0.4, 0.5) is 11.4 Å². The van der Waals surface area contributed by atoms with E-state index in [1.807, 2.05) is 6.07 Å². The maximum atomic E-state index is 12.2. The molecule has 0 bridgehead atoms. The molecule has 2 aromatic rings. The first-order valence-corrected chi connectivity index (χ1v) is 9.46. The molecule has 2 rings (SSSR count). The van der Waals surface area contributed by atoms with Crippen LogP contribution in [0.15, 0.2) is 53.4 Å². The lowest BCUT2D eigenvalue weighted by atomic mass is 10.1. The number of aliphatic hydroxyl groups is 1. The van der Waals surface area contributed by atoms with Crippen LogP contribution < -0.4 is 10.0 Å². The maximum Gasteiger partial charge on any atom is 0.293 e. The zero-order chi connectivity index (χ0) is 19.3. The first-order chi connectivity index (χ1) is 12.2. The molecular formula is C17H21N3O5S. The molecule has 3 N–H and O–H groups in total. The predicted octanol–water partition coefficient (Wildman–Crippen LogP) is 2.43. The third kappa shape index (κ3) is 5.01. The van der Waals surface area contributed by atoms with Gasteiger partial charge in [0.05, 0.1) is 15.9 Å². The minimum Gasteiger partial charge on any atom is -0.387 e. The van der Waals surface area contributed by atoms with Crippen molar-refractivity contribution in [2.75, 3.05) is 11.9 Å². The Morgan fingerprint density at radius 3 is 2.38 bits per heavy atom. The van der Waals surface area contributed by atoms with E-state index in [4.69, 9.17) is 0 Å². The highest BCUT2D eigenvalue weighted by atomic mass is 32.2. The Kier molecular flexibility index (Phi) is 6.30. The summed E-state index contributed by atoms with van der Waals surface area (Å²) in [5, 5.41) is 24.3. The van der Waals surface area contributed by atoms with Crippen molar-refractivity contribution < 1.29 is 18.4 Å². The van der Waals surface area contributed by atoms with Crippen LogP contribution in [0.25, 0.3) is 0 Å². The van der Waals surface area contributed by atoms with Crippen LogP contribution in [0, 0.1) is 10.1 Å². The molecule has 9 heteroatoms. The molecule has 0 aliphatic heterocycles. The van der Waals surface area contributed by atoms with E-state index in [-0.39, 0.29) is 28.9 Å². The first-order valence-electron chi connectivity index (χ1n) is 7.98. The smallest absolute Gasteiger partial charge is 0.293 e. The zero-order valence-corrected chi connectivity index (χ0v) is 15.2. The fraction of sp³-hybridized carbons (Fsp3) is 0.294. The summed E-state index contributed by atoms with van der Waals surface area (Å²) in [6, 6.07) is 12.1. The summed E-state index contributed by atoms with van der Waals surface area (Å²) in [4.78, 5) is 10.5. The predicted molar refractivity (Wildman–Crippen MR) is 98.4 cm³/mol. The highest BCUT2D eigenvalue weighted by molar-refractivity contribution is 7.89. The first kappa shape index (κ1) is 19.8. The van der Waals surface area contributed by atoms with Crippen molar-refractivity contribution in [1.82, 2.24) is 4.72 Å². The van der Waals surface area contributed by atoms with E-state index in [9.17, 15) is 23.6 Å². The topological polar surface area (TPSA) is 122 Å². The third-order valence-corrected chi connectivity index (χ3v) is 5.19. The van der Waals surface area contributed by atoms with Crippen molar-refractivity contribution in [3.05, 3.63) is 64.2 Å². The van der Waals surface area contributed by atoms with E-state index in [1.54, 1.807) is 38.1 Å². The van der Waals surface area contributed by atoms with E-state index >= 15 is 0 Å². The monoisotopic (exact) mass is 379 g/mol. The van der Waals surface area contributed by atoms with Crippen LogP contribution in [0.2, 0.25) is 0 Å². The van der Waals surface area contributed by atoms with Gasteiger partial charge >= 0.3 is 0 Å². The molecule has 0 heterocycles. The lowest BCUT2D eigenvalue weighted by molar-refractivity contribution is -0.384. The SMILES string of the molecule is CC(C)NS(=O)(=O)c1ccc(NC[C@H](O)c2ccccc2)c([N+](=O)[O-])c1. The van der Waals surface area contributed by atoms with Gasteiger partial charge in [-0.3, -0.25) is 10.1 Å². The molecule has 0 saturated carbocycles. The van der Waals surface area contributed by atoms with E-state index in [2.05, 4.69) is 10.0 Å². The molecule has 0 spiro atoms. The van der Waals surface area contributed by atoms with Crippen molar-refractivity contribution >= 4 is 21.4 Å². The average molecular weight is 379 g/mol. The minimum absolute atomic E-state index is 0.0429. The number of nitrogens with zero attached hydrogens (tertiary/aromatic N) is 1. The van der Waals surface area contributed by atoms with Crippen molar-refractivity contribution in [2.45, 2.75) is 30.9 Å². The van der Waals surface area contributed by atoms with Crippen molar-refractivity contribution in [1.29, 1.82) is 0 Å². The molecule has 0 saturated heterocycles. The summed E-state index contributed by atoms with van der Waals surface area (Å²) in [5.74, 6) is 0. The molecule has 1 atom stereocenters. The van der Waals surface area contributed by atoms with Crippen LogP contribution >= 0.6 is 0 Å². The number of hydrogen-bond donors (Lipinski definition) is 3. The largest absolute Gasteiger partial charge is 0.387 e. The van der Waals surface area contributed by atoms with E-state index in [0.29, 0.717) is 5.56 Å². The second-order valence-corrected chi connectivity index (χ2v) is 7.73. The number of hydrogen-bond acceptors (Lipinski definition) is 6. The Bertz CT molecular complexity index is 869. The number of aliphatic hydroxyl groups excluding tert-OH is 1. The minimum atomic E-state index is -3.84. The van der Waals surface area contributed by atoms with Crippen LogP contribution in [0.5, 0.6) is 0 Å². The van der Waals surface area contributed by atoms with Gasteiger partial charge in [-0.25, -0.2) is 13.1 Å². The van der Waals surface area contributed by atoms with Gasteiger partial charge in [-0.15, -0.1) is 0 Å². The zero-order valence-electron chi connectivity index (χ0n) is 14.4. The average Bonchev–Trinajstić information content (AvgIpc) is 2.59. The number of anilines is 1. The Morgan fingerprint density at radius 2 is 1.81 bits per heavy atom.